The van der Waals surface area contributed by atoms with Crippen molar-refractivity contribution in [2.45, 2.75) is 46.1 Å². The van der Waals surface area contributed by atoms with Gasteiger partial charge in [-0.15, -0.1) is 0 Å². The number of rotatable bonds is 3. The number of carbonyl (C=O) groups excluding carboxylic acids is 1. The molecule has 1 aliphatic rings. The highest BCUT2D eigenvalue weighted by molar-refractivity contribution is 5.82. The first-order valence-corrected chi connectivity index (χ1v) is 8.28. The molecule has 0 radical (unpaired) electrons. The Morgan fingerprint density at radius 3 is 2.73 bits per heavy atom. The van der Waals surface area contributed by atoms with Gasteiger partial charge >= 0.3 is 0 Å². The largest absolute Gasteiger partial charge is 0.342 e. The molecule has 1 aromatic heterocycles. The first-order chi connectivity index (χ1) is 10.5. The maximum Gasteiger partial charge on any atom is 0.226 e. The van der Waals surface area contributed by atoms with E-state index in [9.17, 15) is 4.79 Å². The average molecular weight is 299 g/mol. The lowest BCUT2D eigenvalue weighted by atomic mass is 9.98. The maximum atomic E-state index is 12.4. The second-order valence-electron chi connectivity index (χ2n) is 6.81. The van der Waals surface area contributed by atoms with Gasteiger partial charge in [0.05, 0.1) is 23.8 Å². The number of fused-ring (bicyclic) bond motifs is 1. The van der Waals surface area contributed by atoms with E-state index in [-0.39, 0.29) is 5.91 Å². The molecule has 3 rings (SSSR count). The summed E-state index contributed by atoms with van der Waals surface area (Å²) in [5, 5.41) is 0. The van der Waals surface area contributed by atoms with E-state index in [4.69, 9.17) is 0 Å². The zero-order valence-electron chi connectivity index (χ0n) is 13.7. The number of aromatic nitrogens is 2. The third-order valence-electron chi connectivity index (χ3n) is 4.69. The molecule has 1 fully saturated rings. The summed E-state index contributed by atoms with van der Waals surface area (Å²) in [6.45, 7) is 8.38. The van der Waals surface area contributed by atoms with Crippen molar-refractivity contribution < 1.29 is 4.79 Å². The Kier molecular flexibility index (Phi) is 4.19. The van der Waals surface area contributed by atoms with Crippen molar-refractivity contribution in [1.82, 2.24) is 14.5 Å². The number of hydrogen-bond acceptors (Lipinski definition) is 2. The second kappa shape index (κ2) is 6.11. The fourth-order valence-corrected chi connectivity index (χ4v) is 3.14. The van der Waals surface area contributed by atoms with Crippen molar-refractivity contribution >= 4 is 16.9 Å². The number of imidazole rings is 1. The van der Waals surface area contributed by atoms with Crippen LogP contribution < -0.4 is 0 Å². The molecule has 1 aromatic carbocycles. The summed E-state index contributed by atoms with van der Waals surface area (Å²) in [6, 6.07) is 6.60. The van der Waals surface area contributed by atoms with Gasteiger partial charge in [0.1, 0.15) is 0 Å². The molecule has 118 valence electrons. The normalized spacial score (nSPS) is 16.6. The molecule has 4 nitrogen and oxygen atoms in total. The third-order valence-corrected chi connectivity index (χ3v) is 4.69. The summed E-state index contributed by atoms with van der Waals surface area (Å²) in [7, 11) is 0. The van der Waals surface area contributed by atoms with Crippen molar-refractivity contribution in [3.63, 3.8) is 0 Å². The maximum absolute atomic E-state index is 12.4. The Morgan fingerprint density at radius 1 is 1.32 bits per heavy atom. The number of benzene rings is 1. The average Bonchev–Trinajstić information content (AvgIpc) is 2.91. The van der Waals surface area contributed by atoms with Crippen molar-refractivity contribution in [2.24, 2.45) is 5.92 Å². The van der Waals surface area contributed by atoms with Crippen molar-refractivity contribution in [3.8, 4) is 0 Å². The molecule has 2 heterocycles. The van der Waals surface area contributed by atoms with Crippen LogP contribution in [0.3, 0.4) is 0 Å². The van der Waals surface area contributed by atoms with Crippen LogP contribution >= 0.6 is 0 Å². The smallest absolute Gasteiger partial charge is 0.226 e. The van der Waals surface area contributed by atoms with E-state index in [1.54, 1.807) is 0 Å². The molecule has 1 amide bonds. The SMILES string of the molecule is CC1CCN(C(=O)Cc2ccc3c(c2)ncn3C(C)C)CC1. The monoisotopic (exact) mass is 299 g/mol. The van der Waals surface area contributed by atoms with E-state index in [0.717, 1.165) is 48.4 Å². The summed E-state index contributed by atoms with van der Waals surface area (Å²) in [5.41, 5.74) is 3.18. The Bertz CT molecular complexity index is 666. The molecule has 0 aliphatic carbocycles. The number of amides is 1. The van der Waals surface area contributed by atoms with Crippen molar-refractivity contribution in [1.29, 1.82) is 0 Å². The van der Waals surface area contributed by atoms with Gasteiger partial charge in [0, 0.05) is 19.1 Å². The summed E-state index contributed by atoms with van der Waals surface area (Å²) in [4.78, 5) is 18.9. The van der Waals surface area contributed by atoms with Gasteiger partial charge < -0.3 is 9.47 Å². The lowest BCUT2D eigenvalue weighted by Crippen LogP contribution is -2.38. The minimum Gasteiger partial charge on any atom is -0.342 e. The molecule has 2 aromatic rings. The topological polar surface area (TPSA) is 38.1 Å². The van der Waals surface area contributed by atoms with Gasteiger partial charge in [-0.1, -0.05) is 13.0 Å². The van der Waals surface area contributed by atoms with E-state index in [0.29, 0.717) is 12.5 Å². The molecule has 0 unspecified atom stereocenters. The summed E-state index contributed by atoms with van der Waals surface area (Å²) >= 11 is 0. The standard InChI is InChI=1S/C18H25N3O/c1-13(2)21-12-19-16-10-15(4-5-17(16)21)11-18(22)20-8-6-14(3)7-9-20/h4-5,10,12-14H,6-9,11H2,1-3H3. The van der Waals surface area contributed by atoms with E-state index < -0.39 is 0 Å². The minimum absolute atomic E-state index is 0.245. The first-order valence-electron chi connectivity index (χ1n) is 8.28. The molecule has 22 heavy (non-hydrogen) atoms. The highest BCUT2D eigenvalue weighted by atomic mass is 16.2. The summed E-state index contributed by atoms with van der Waals surface area (Å²) < 4.78 is 2.16. The molecule has 0 N–H and O–H groups in total. The zero-order valence-corrected chi connectivity index (χ0v) is 13.7. The van der Waals surface area contributed by atoms with Crippen LogP contribution in [0.15, 0.2) is 24.5 Å². The Morgan fingerprint density at radius 2 is 2.05 bits per heavy atom. The molecule has 0 atom stereocenters. The Labute approximate surface area is 132 Å². The number of piperidine rings is 1. The van der Waals surface area contributed by atoms with E-state index in [2.05, 4.69) is 48.5 Å². The van der Waals surface area contributed by atoms with Gasteiger partial charge in [-0.25, -0.2) is 4.98 Å². The summed E-state index contributed by atoms with van der Waals surface area (Å²) in [6.07, 6.45) is 4.62. The zero-order chi connectivity index (χ0) is 15.7. The lowest BCUT2D eigenvalue weighted by molar-refractivity contribution is -0.131. The Hall–Kier alpha value is -1.84. The molecule has 4 heteroatoms. The minimum atomic E-state index is 0.245. The van der Waals surface area contributed by atoms with E-state index >= 15 is 0 Å². The Balaban J connectivity index is 1.72. The molecule has 1 saturated heterocycles. The molecule has 0 saturated carbocycles. The predicted molar refractivity (Wildman–Crippen MR) is 88.8 cm³/mol. The van der Waals surface area contributed by atoms with Crippen LogP contribution in [0.4, 0.5) is 0 Å². The van der Waals surface area contributed by atoms with Crippen LogP contribution in [0.25, 0.3) is 11.0 Å². The van der Waals surface area contributed by atoms with Crippen LogP contribution in [0.5, 0.6) is 0 Å². The lowest BCUT2D eigenvalue weighted by Gasteiger charge is -2.30. The second-order valence-corrected chi connectivity index (χ2v) is 6.81. The van der Waals surface area contributed by atoms with Crippen LogP contribution in [-0.4, -0.2) is 33.4 Å². The third kappa shape index (κ3) is 3.01. The fraction of sp³-hybridized carbons (Fsp3) is 0.556. The quantitative estimate of drug-likeness (QED) is 0.871. The van der Waals surface area contributed by atoms with Gasteiger partial charge in [0.15, 0.2) is 0 Å². The van der Waals surface area contributed by atoms with Crippen LogP contribution in [0.1, 0.15) is 45.2 Å². The number of carbonyl (C=O) groups is 1. The van der Waals surface area contributed by atoms with Crippen molar-refractivity contribution in [3.05, 3.63) is 30.1 Å². The van der Waals surface area contributed by atoms with Crippen LogP contribution in [0.2, 0.25) is 0 Å². The highest BCUT2D eigenvalue weighted by Gasteiger charge is 2.20. The van der Waals surface area contributed by atoms with E-state index in [1.807, 2.05) is 11.2 Å². The van der Waals surface area contributed by atoms with Crippen molar-refractivity contribution in [2.75, 3.05) is 13.1 Å². The van der Waals surface area contributed by atoms with Gasteiger partial charge in [0.25, 0.3) is 0 Å². The molecule has 1 aliphatic heterocycles. The van der Waals surface area contributed by atoms with Gasteiger partial charge in [-0.3, -0.25) is 4.79 Å². The van der Waals surface area contributed by atoms with Crippen LogP contribution in [0, 0.1) is 5.92 Å². The number of nitrogens with zero attached hydrogens (tertiary/aromatic N) is 3. The fourth-order valence-electron chi connectivity index (χ4n) is 3.14. The van der Waals surface area contributed by atoms with Gasteiger partial charge in [-0.2, -0.15) is 0 Å². The molecule has 0 bridgehead atoms. The predicted octanol–water partition coefficient (Wildman–Crippen LogP) is 3.42. The first kappa shape index (κ1) is 15.1. The molecule has 0 spiro atoms. The van der Waals surface area contributed by atoms with Crippen LogP contribution in [-0.2, 0) is 11.2 Å². The number of likely N-dealkylation sites (tertiary alicyclic amines) is 1. The van der Waals surface area contributed by atoms with E-state index in [1.165, 1.54) is 0 Å². The van der Waals surface area contributed by atoms with Gasteiger partial charge in [-0.05, 0) is 50.3 Å². The summed E-state index contributed by atoms with van der Waals surface area (Å²) in [5.74, 6) is 0.995. The van der Waals surface area contributed by atoms with Gasteiger partial charge in [0.2, 0.25) is 5.91 Å². The highest BCUT2D eigenvalue weighted by Crippen LogP contribution is 2.20. The number of hydrogen-bond donors (Lipinski definition) is 0. The molecular formula is C18H25N3O. The molecular weight excluding hydrogens is 274 g/mol.